The standard InChI is InChI=1S/C23H26N2OS/c1-18-9-3-4-10-19(18)17-27-22-15-25(21-12-6-5-11-20(21)22)16-23(26)24-13-7-2-8-14-24/h3-6,9-12,15H,2,7-8,13-14,16-17H2,1H3. The summed E-state index contributed by atoms with van der Waals surface area (Å²) in [5.41, 5.74) is 3.84. The van der Waals surface area contributed by atoms with Crippen molar-refractivity contribution < 1.29 is 4.79 Å². The lowest BCUT2D eigenvalue weighted by atomic mass is 10.1. The van der Waals surface area contributed by atoms with Gasteiger partial charge in [0.1, 0.15) is 6.54 Å². The van der Waals surface area contributed by atoms with Gasteiger partial charge < -0.3 is 9.47 Å². The molecule has 0 radical (unpaired) electrons. The maximum Gasteiger partial charge on any atom is 0.242 e. The number of hydrogen-bond acceptors (Lipinski definition) is 2. The molecule has 1 saturated heterocycles. The van der Waals surface area contributed by atoms with E-state index in [-0.39, 0.29) is 5.91 Å². The summed E-state index contributed by atoms with van der Waals surface area (Å²) in [5.74, 6) is 1.19. The Labute approximate surface area is 165 Å². The zero-order chi connectivity index (χ0) is 18.6. The second kappa shape index (κ2) is 8.22. The molecule has 1 aliphatic rings. The lowest BCUT2D eigenvalue weighted by molar-refractivity contribution is -0.132. The normalized spacial score (nSPS) is 14.6. The summed E-state index contributed by atoms with van der Waals surface area (Å²) < 4.78 is 2.13. The Bertz CT molecular complexity index is 940. The first-order valence-electron chi connectivity index (χ1n) is 9.75. The Morgan fingerprint density at radius 2 is 1.74 bits per heavy atom. The van der Waals surface area contributed by atoms with Crippen LogP contribution in [-0.2, 0) is 17.1 Å². The molecule has 2 heterocycles. The number of carbonyl (C=O) groups excluding carboxylic acids is 1. The number of nitrogens with zero attached hydrogens (tertiary/aromatic N) is 2. The third-order valence-electron chi connectivity index (χ3n) is 5.41. The number of benzene rings is 2. The van der Waals surface area contributed by atoms with Gasteiger partial charge in [0.25, 0.3) is 0 Å². The van der Waals surface area contributed by atoms with Crippen molar-refractivity contribution in [1.82, 2.24) is 9.47 Å². The summed E-state index contributed by atoms with van der Waals surface area (Å²) in [6.45, 7) is 4.42. The van der Waals surface area contributed by atoms with Gasteiger partial charge in [-0.15, -0.1) is 11.8 Å². The average molecular weight is 379 g/mol. The minimum absolute atomic E-state index is 0.242. The van der Waals surface area contributed by atoms with Gasteiger partial charge in [0, 0.05) is 40.8 Å². The van der Waals surface area contributed by atoms with Crippen LogP contribution in [0.1, 0.15) is 30.4 Å². The summed E-state index contributed by atoms with van der Waals surface area (Å²) in [4.78, 5) is 16.0. The summed E-state index contributed by atoms with van der Waals surface area (Å²) >= 11 is 1.85. The van der Waals surface area contributed by atoms with Crippen LogP contribution in [0.3, 0.4) is 0 Å². The predicted molar refractivity (Wildman–Crippen MR) is 113 cm³/mol. The van der Waals surface area contributed by atoms with Crippen LogP contribution in [0.5, 0.6) is 0 Å². The Morgan fingerprint density at radius 3 is 2.56 bits per heavy atom. The van der Waals surface area contributed by atoms with Gasteiger partial charge in [-0.1, -0.05) is 42.5 Å². The van der Waals surface area contributed by atoms with Crippen molar-refractivity contribution in [1.29, 1.82) is 0 Å². The molecule has 1 aliphatic heterocycles. The molecule has 0 spiro atoms. The molecule has 1 fully saturated rings. The zero-order valence-corrected chi connectivity index (χ0v) is 16.7. The van der Waals surface area contributed by atoms with Gasteiger partial charge in [-0.05, 0) is 43.4 Å². The van der Waals surface area contributed by atoms with E-state index in [4.69, 9.17) is 0 Å². The first-order valence-corrected chi connectivity index (χ1v) is 10.7. The van der Waals surface area contributed by atoms with Crippen molar-refractivity contribution in [2.24, 2.45) is 0 Å². The molecule has 1 aromatic heterocycles. The lowest BCUT2D eigenvalue weighted by Gasteiger charge is -2.27. The number of amides is 1. The van der Waals surface area contributed by atoms with Gasteiger partial charge in [0.2, 0.25) is 5.91 Å². The monoisotopic (exact) mass is 378 g/mol. The van der Waals surface area contributed by atoms with E-state index in [0.717, 1.165) is 37.2 Å². The number of carbonyl (C=O) groups is 1. The maximum atomic E-state index is 12.7. The number of aromatic nitrogens is 1. The smallest absolute Gasteiger partial charge is 0.242 e. The average Bonchev–Trinajstić information content (AvgIpc) is 3.06. The lowest BCUT2D eigenvalue weighted by Crippen LogP contribution is -2.37. The van der Waals surface area contributed by atoms with E-state index >= 15 is 0 Å². The van der Waals surface area contributed by atoms with E-state index in [1.165, 1.54) is 27.8 Å². The molecule has 140 valence electrons. The minimum atomic E-state index is 0.242. The van der Waals surface area contributed by atoms with E-state index in [9.17, 15) is 4.79 Å². The van der Waals surface area contributed by atoms with E-state index in [1.807, 2.05) is 16.7 Å². The summed E-state index contributed by atoms with van der Waals surface area (Å²) in [6, 6.07) is 17.0. The second-order valence-electron chi connectivity index (χ2n) is 7.30. The molecular weight excluding hydrogens is 352 g/mol. The van der Waals surface area contributed by atoms with Crippen LogP contribution in [0.15, 0.2) is 59.6 Å². The molecule has 3 nitrogen and oxygen atoms in total. The highest BCUT2D eigenvalue weighted by atomic mass is 32.2. The summed E-state index contributed by atoms with van der Waals surface area (Å²) in [7, 11) is 0. The molecule has 27 heavy (non-hydrogen) atoms. The van der Waals surface area contributed by atoms with E-state index < -0.39 is 0 Å². The first kappa shape index (κ1) is 18.2. The van der Waals surface area contributed by atoms with Crippen LogP contribution >= 0.6 is 11.8 Å². The fourth-order valence-corrected chi connectivity index (χ4v) is 4.94. The molecule has 0 aliphatic carbocycles. The minimum Gasteiger partial charge on any atom is -0.341 e. The van der Waals surface area contributed by atoms with Crippen LogP contribution in [0.4, 0.5) is 0 Å². The highest BCUT2D eigenvalue weighted by molar-refractivity contribution is 7.98. The Balaban J connectivity index is 1.55. The molecule has 0 saturated carbocycles. The van der Waals surface area contributed by atoms with Gasteiger partial charge in [-0.3, -0.25) is 4.79 Å². The third-order valence-corrected chi connectivity index (χ3v) is 6.50. The van der Waals surface area contributed by atoms with Crippen molar-refractivity contribution in [3.63, 3.8) is 0 Å². The number of rotatable bonds is 5. The van der Waals surface area contributed by atoms with E-state index in [0.29, 0.717) is 6.54 Å². The van der Waals surface area contributed by atoms with Crippen molar-refractivity contribution in [2.75, 3.05) is 13.1 Å². The Morgan fingerprint density at radius 1 is 1.00 bits per heavy atom. The van der Waals surface area contributed by atoms with Crippen molar-refractivity contribution in [2.45, 2.75) is 43.4 Å². The predicted octanol–water partition coefficient (Wildman–Crippen LogP) is 5.25. The number of likely N-dealkylation sites (tertiary alicyclic amines) is 1. The number of piperidine rings is 1. The third kappa shape index (κ3) is 4.06. The van der Waals surface area contributed by atoms with E-state index in [2.05, 4.69) is 66.2 Å². The topological polar surface area (TPSA) is 25.2 Å². The number of hydrogen-bond donors (Lipinski definition) is 0. The fourth-order valence-electron chi connectivity index (χ4n) is 3.78. The van der Waals surface area contributed by atoms with Crippen molar-refractivity contribution in [3.05, 3.63) is 65.9 Å². The van der Waals surface area contributed by atoms with Gasteiger partial charge >= 0.3 is 0 Å². The first-order chi connectivity index (χ1) is 13.2. The molecule has 0 bridgehead atoms. The zero-order valence-electron chi connectivity index (χ0n) is 15.9. The van der Waals surface area contributed by atoms with Crippen LogP contribution in [0, 0.1) is 6.92 Å². The molecular formula is C23H26N2OS. The molecule has 0 N–H and O–H groups in total. The number of fused-ring (bicyclic) bond motifs is 1. The fraction of sp³-hybridized carbons (Fsp3) is 0.348. The summed E-state index contributed by atoms with van der Waals surface area (Å²) in [5, 5.41) is 1.24. The second-order valence-corrected chi connectivity index (χ2v) is 8.31. The quantitative estimate of drug-likeness (QED) is 0.566. The highest BCUT2D eigenvalue weighted by Crippen LogP contribution is 2.32. The number of thioether (sulfide) groups is 1. The van der Waals surface area contributed by atoms with Crippen molar-refractivity contribution >= 4 is 28.6 Å². The van der Waals surface area contributed by atoms with Gasteiger partial charge in [0.15, 0.2) is 0 Å². The summed E-state index contributed by atoms with van der Waals surface area (Å²) in [6.07, 6.45) is 5.68. The SMILES string of the molecule is Cc1ccccc1CSc1cn(CC(=O)N2CCCCC2)c2ccccc12. The van der Waals surface area contributed by atoms with Crippen molar-refractivity contribution in [3.8, 4) is 0 Å². The molecule has 4 rings (SSSR count). The largest absolute Gasteiger partial charge is 0.341 e. The Hall–Kier alpha value is -2.20. The van der Waals surface area contributed by atoms with Crippen LogP contribution in [-0.4, -0.2) is 28.5 Å². The van der Waals surface area contributed by atoms with E-state index in [1.54, 1.807) is 0 Å². The molecule has 0 atom stereocenters. The molecule has 4 heteroatoms. The van der Waals surface area contributed by atoms with Crippen LogP contribution in [0.25, 0.3) is 10.9 Å². The Kier molecular flexibility index (Phi) is 5.53. The molecule has 2 aromatic carbocycles. The number of aryl methyl sites for hydroxylation is 1. The van der Waals surface area contributed by atoms with Gasteiger partial charge in [0.05, 0.1) is 0 Å². The van der Waals surface area contributed by atoms with Crippen LogP contribution < -0.4 is 0 Å². The molecule has 3 aromatic rings. The number of para-hydroxylation sites is 1. The molecule has 0 unspecified atom stereocenters. The van der Waals surface area contributed by atoms with Gasteiger partial charge in [-0.2, -0.15) is 0 Å². The highest BCUT2D eigenvalue weighted by Gasteiger charge is 2.18. The maximum absolute atomic E-state index is 12.7. The van der Waals surface area contributed by atoms with Gasteiger partial charge in [-0.25, -0.2) is 0 Å². The molecule has 1 amide bonds. The van der Waals surface area contributed by atoms with Crippen LogP contribution in [0.2, 0.25) is 0 Å².